The summed E-state index contributed by atoms with van der Waals surface area (Å²) in [7, 11) is -2.64. The molecule has 3 aromatic rings. The Morgan fingerprint density at radius 3 is 2.31 bits per heavy atom. The second-order valence-electron chi connectivity index (χ2n) is 8.68. The van der Waals surface area contributed by atoms with Gasteiger partial charge in [0.15, 0.2) is 0 Å². The number of rotatable bonds is 11. The van der Waals surface area contributed by atoms with E-state index in [0.717, 1.165) is 34.7 Å². The zero-order valence-electron chi connectivity index (χ0n) is 20.8. The van der Waals surface area contributed by atoms with Crippen LogP contribution in [0.1, 0.15) is 37.0 Å². The third-order valence-electron chi connectivity index (χ3n) is 5.92. The molecule has 0 aromatic heterocycles. The van der Waals surface area contributed by atoms with Gasteiger partial charge < -0.3 is 10.1 Å². The van der Waals surface area contributed by atoms with Crippen molar-refractivity contribution in [2.45, 2.75) is 51.0 Å². The van der Waals surface area contributed by atoms with Crippen LogP contribution >= 0.6 is 0 Å². The van der Waals surface area contributed by atoms with Crippen LogP contribution in [0.25, 0.3) is 0 Å². The SMILES string of the molecule is CCc1ccc(N(CC(=O)N[C@H](C)CCc2ccccc2)S(=O)(=O)c2cc(C)ccc2OC)cc1. The van der Waals surface area contributed by atoms with E-state index < -0.39 is 10.0 Å². The fourth-order valence-corrected chi connectivity index (χ4v) is 5.53. The maximum absolute atomic E-state index is 13.8. The van der Waals surface area contributed by atoms with Crippen molar-refractivity contribution in [2.24, 2.45) is 0 Å². The molecule has 0 radical (unpaired) electrons. The van der Waals surface area contributed by atoms with E-state index in [-0.39, 0.29) is 29.1 Å². The molecule has 3 rings (SSSR count). The van der Waals surface area contributed by atoms with Crippen LogP contribution in [-0.2, 0) is 27.7 Å². The van der Waals surface area contributed by atoms with Gasteiger partial charge in [-0.15, -0.1) is 0 Å². The predicted octanol–water partition coefficient (Wildman–Crippen LogP) is 4.90. The molecular weight excluding hydrogens is 460 g/mol. The first-order chi connectivity index (χ1) is 16.7. The van der Waals surface area contributed by atoms with E-state index in [4.69, 9.17) is 4.74 Å². The van der Waals surface area contributed by atoms with Crippen LogP contribution in [0.3, 0.4) is 0 Å². The molecule has 0 spiro atoms. The Morgan fingerprint density at radius 2 is 1.69 bits per heavy atom. The minimum absolute atomic E-state index is 0.0319. The summed E-state index contributed by atoms with van der Waals surface area (Å²) in [6.45, 7) is 5.45. The molecule has 0 fully saturated rings. The quantitative estimate of drug-likeness (QED) is 0.411. The van der Waals surface area contributed by atoms with Gasteiger partial charge in [-0.2, -0.15) is 0 Å². The van der Waals surface area contributed by atoms with Crippen LogP contribution in [0, 0.1) is 6.92 Å². The largest absolute Gasteiger partial charge is 0.495 e. The van der Waals surface area contributed by atoms with E-state index in [0.29, 0.717) is 5.69 Å². The van der Waals surface area contributed by atoms with Crippen LogP contribution in [0.15, 0.2) is 77.7 Å². The summed E-state index contributed by atoms with van der Waals surface area (Å²) in [5, 5.41) is 2.96. The molecule has 35 heavy (non-hydrogen) atoms. The van der Waals surface area contributed by atoms with E-state index in [9.17, 15) is 13.2 Å². The molecule has 6 nitrogen and oxygen atoms in total. The number of hydrogen-bond acceptors (Lipinski definition) is 4. The molecule has 0 aliphatic heterocycles. The molecule has 0 saturated carbocycles. The number of carbonyl (C=O) groups is 1. The number of anilines is 1. The van der Waals surface area contributed by atoms with Gasteiger partial charge >= 0.3 is 0 Å². The average Bonchev–Trinajstić information content (AvgIpc) is 2.86. The molecular formula is C28H34N2O4S. The van der Waals surface area contributed by atoms with Crippen LogP contribution in [0.2, 0.25) is 0 Å². The Bertz CT molecular complexity index is 1230. The normalized spacial score (nSPS) is 12.1. The number of hydrogen-bond donors (Lipinski definition) is 1. The standard InChI is InChI=1S/C28H34N2O4S/c1-5-23-14-16-25(17-15-23)30(35(32,33)27-19-21(2)11-18-26(27)34-4)20-28(31)29-22(3)12-13-24-9-7-6-8-10-24/h6-11,14-19,22H,5,12-13,20H2,1-4H3,(H,29,31)/t22-/m1/s1. The van der Waals surface area contributed by atoms with E-state index in [1.165, 1.54) is 12.7 Å². The van der Waals surface area contributed by atoms with E-state index >= 15 is 0 Å². The van der Waals surface area contributed by atoms with Gasteiger partial charge in [0.1, 0.15) is 17.2 Å². The first-order valence-electron chi connectivity index (χ1n) is 11.8. The lowest BCUT2D eigenvalue weighted by atomic mass is 10.1. The number of sulfonamides is 1. The van der Waals surface area contributed by atoms with Crippen LogP contribution < -0.4 is 14.4 Å². The topological polar surface area (TPSA) is 75.7 Å². The maximum atomic E-state index is 13.8. The molecule has 1 amide bonds. The number of aryl methyl sites for hydroxylation is 3. The molecule has 1 N–H and O–H groups in total. The Balaban J connectivity index is 1.84. The van der Waals surface area contributed by atoms with Crippen molar-refractivity contribution in [3.05, 3.63) is 89.5 Å². The number of nitrogens with one attached hydrogen (secondary N) is 1. The fraction of sp³-hybridized carbons (Fsp3) is 0.321. The molecule has 0 aliphatic rings. The third kappa shape index (κ3) is 6.85. The van der Waals surface area contributed by atoms with Gasteiger partial charge in [-0.3, -0.25) is 9.10 Å². The van der Waals surface area contributed by atoms with Crippen LogP contribution in [0.5, 0.6) is 5.75 Å². The lowest BCUT2D eigenvalue weighted by molar-refractivity contribution is -0.120. The summed E-state index contributed by atoms with van der Waals surface area (Å²) in [4.78, 5) is 13.1. The number of amides is 1. The highest BCUT2D eigenvalue weighted by Gasteiger charge is 2.30. The first-order valence-corrected chi connectivity index (χ1v) is 13.3. The summed E-state index contributed by atoms with van der Waals surface area (Å²) >= 11 is 0. The minimum Gasteiger partial charge on any atom is -0.495 e. The van der Waals surface area contributed by atoms with Crippen LogP contribution in [0.4, 0.5) is 5.69 Å². The second kappa shape index (κ2) is 11.9. The number of carbonyl (C=O) groups excluding carboxylic acids is 1. The zero-order chi connectivity index (χ0) is 25.4. The lowest BCUT2D eigenvalue weighted by Crippen LogP contribution is -2.43. The summed E-state index contributed by atoms with van der Waals surface area (Å²) in [6.07, 6.45) is 2.40. The molecule has 3 aromatic carbocycles. The summed E-state index contributed by atoms with van der Waals surface area (Å²) < 4.78 is 34.1. The van der Waals surface area contributed by atoms with Gasteiger partial charge in [-0.05, 0) is 74.1 Å². The van der Waals surface area contributed by atoms with Gasteiger partial charge in [-0.1, -0.05) is 55.5 Å². The summed E-state index contributed by atoms with van der Waals surface area (Å²) in [5.74, 6) is -0.122. The van der Waals surface area contributed by atoms with Crippen molar-refractivity contribution in [1.82, 2.24) is 5.32 Å². The third-order valence-corrected chi connectivity index (χ3v) is 7.72. The maximum Gasteiger partial charge on any atom is 0.268 e. The van der Waals surface area contributed by atoms with Gasteiger partial charge in [0.05, 0.1) is 12.8 Å². The van der Waals surface area contributed by atoms with Crippen molar-refractivity contribution in [2.75, 3.05) is 18.0 Å². The van der Waals surface area contributed by atoms with Crippen molar-refractivity contribution in [3.63, 3.8) is 0 Å². The van der Waals surface area contributed by atoms with E-state index in [1.54, 1.807) is 30.3 Å². The summed E-state index contributed by atoms with van der Waals surface area (Å²) in [6, 6.07) is 22.2. The van der Waals surface area contributed by atoms with Crippen molar-refractivity contribution in [1.29, 1.82) is 0 Å². The Morgan fingerprint density at radius 1 is 1.00 bits per heavy atom. The van der Waals surface area contributed by atoms with Gasteiger partial charge in [-0.25, -0.2) is 8.42 Å². The smallest absolute Gasteiger partial charge is 0.268 e. The van der Waals surface area contributed by atoms with E-state index in [1.807, 2.05) is 51.1 Å². The molecule has 0 heterocycles. The fourth-order valence-electron chi connectivity index (χ4n) is 3.87. The summed E-state index contributed by atoms with van der Waals surface area (Å²) in [5.41, 5.74) is 3.49. The molecule has 0 unspecified atom stereocenters. The molecule has 1 atom stereocenters. The highest BCUT2D eigenvalue weighted by molar-refractivity contribution is 7.93. The van der Waals surface area contributed by atoms with Crippen molar-refractivity contribution in [3.8, 4) is 5.75 Å². The predicted molar refractivity (Wildman–Crippen MR) is 140 cm³/mol. The average molecular weight is 495 g/mol. The van der Waals surface area contributed by atoms with Gasteiger partial charge in [0, 0.05) is 6.04 Å². The first kappa shape index (κ1) is 26.3. The Labute approximate surface area is 209 Å². The number of benzene rings is 3. The number of nitrogens with zero attached hydrogens (tertiary/aromatic N) is 1. The van der Waals surface area contributed by atoms with Crippen LogP contribution in [-0.4, -0.2) is 34.0 Å². The van der Waals surface area contributed by atoms with Gasteiger partial charge in [0.25, 0.3) is 10.0 Å². The van der Waals surface area contributed by atoms with Crippen molar-refractivity contribution < 1.29 is 17.9 Å². The Kier molecular flexibility index (Phi) is 8.93. The number of methoxy groups -OCH3 is 1. The second-order valence-corrected chi connectivity index (χ2v) is 10.5. The Hall–Kier alpha value is -3.32. The lowest BCUT2D eigenvalue weighted by Gasteiger charge is -2.26. The number of ether oxygens (including phenoxy) is 1. The zero-order valence-corrected chi connectivity index (χ0v) is 21.6. The van der Waals surface area contributed by atoms with Gasteiger partial charge in [0.2, 0.25) is 5.91 Å². The highest BCUT2D eigenvalue weighted by Crippen LogP contribution is 2.31. The monoisotopic (exact) mass is 494 g/mol. The van der Waals surface area contributed by atoms with E-state index in [2.05, 4.69) is 17.4 Å². The highest BCUT2D eigenvalue weighted by atomic mass is 32.2. The molecule has 0 aliphatic carbocycles. The molecule has 7 heteroatoms. The minimum atomic E-state index is -4.08. The molecule has 186 valence electrons. The molecule has 0 bridgehead atoms. The van der Waals surface area contributed by atoms with Crippen molar-refractivity contribution >= 4 is 21.6 Å². The molecule has 0 saturated heterocycles.